The second kappa shape index (κ2) is 6.68. The van der Waals surface area contributed by atoms with Crippen molar-refractivity contribution in [2.24, 2.45) is 0 Å². The van der Waals surface area contributed by atoms with Crippen molar-refractivity contribution in [3.8, 4) is 0 Å². The minimum atomic E-state index is 0.861. The molecule has 0 spiro atoms. The Kier molecular flexibility index (Phi) is 5.54. The Bertz CT molecular complexity index is 335. The van der Waals surface area contributed by atoms with E-state index in [0.717, 1.165) is 19.0 Å². The third-order valence-corrected chi connectivity index (χ3v) is 3.39. The highest BCUT2D eigenvalue weighted by Crippen LogP contribution is 2.41. The zero-order valence-corrected chi connectivity index (χ0v) is 12.1. The van der Waals surface area contributed by atoms with Crippen LogP contribution in [0, 0.1) is 6.92 Å². The van der Waals surface area contributed by atoms with Crippen molar-refractivity contribution in [3.05, 3.63) is 29.3 Å². The lowest BCUT2D eigenvalue weighted by atomic mass is 10.1. The maximum atomic E-state index is 2.45. The van der Waals surface area contributed by atoms with Crippen LogP contribution in [0.2, 0.25) is 0 Å². The van der Waals surface area contributed by atoms with Crippen LogP contribution in [0.3, 0.4) is 0 Å². The van der Waals surface area contributed by atoms with Gasteiger partial charge in [0.05, 0.1) is 0 Å². The van der Waals surface area contributed by atoms with Gasteiger partial charge in [0.1, 0.15) is 0 Å². The van der Waals surface area contributed by atoms with E-state index in [1.54, 1.807) is 5.56 Å². The summed E-state index contributed by atoms with van der Waals surface area (Å²) in [6, 6.07) is 6.99. The fourth-order valence-corrected chi connectivity index (χ4v) is 2.20. The van der Waals surface area contributed by atoms with E-state index in [0.29, 0.717) is 0 Å². The molecule has 1 aromatic carbocycles. The van der Waals surface area contributed by atoms with Crippen molar-refractivity contribution in [3.63, 3.8) is 0 Å². The lowest BCUT2D eigenvalue weighted by Gasteiger charge is -2.23. The fourth-order valence-electron chi connectivity index (χ4n) is 2.20. The number of anilines is 1. The first-order valence-electron chi connectivity index (χ1n) is 7.11. The smallest absolute Gasteiger partial charge is 0.0398 e. The minimum Gasteiger partial charge on any atom is -0.372 e. The number of nitrogens with zero attached hydrogens (tertiary/aromatic N) is 1. The van der Waals surface area contributed by atoms with Crippen LogP contribution in [0.15, 0.2) is 18.2 Å². The molecule has 1 heteroatoms. The average molecular weight is 233 g/mol. The Morgan fingerprint density at radius 2 is 1.71 bits per heavy atom. The number of aryl methyl sites for hydroxylation is 1. The largest absolute Gasteiger partial charge is 0.372 e. The number of hydrogen-bond acceptors (Lipinski definition) is 1. The Morgan fingerprint density at radius 1 is 1.12 bits per heavy atom. The number of benzene rings is 1. The summed E-state index contributed by atoms with van der Waals surface area (Å²) in [5.74, 6) is 0.861. The molecule has 96 valence electrons. The van der Waals surface area contributed by atoms with Gasteiger partial charge in [0.25, 0.3) is 0 Å². The van der Waals surface area contributed by atoms with Gasteiger partial charge in [-0.05, 0) is 56.7 Å². The summed E-state index contributed by atoms with van der Waals surface area (Å²) in [5, 5.41) is 0. The zero-order chi connectivity index (χ0) is 12.8. The molecule has 0 radical (unpaired) electrons. The fraction of sp³-hybridized carbons (Fsp3) is 0.625. The molecule has 0 bridgehead atoms. The van der Waals surface area contributed by atoms with E-state index < -0.39 is 0 Å². The first-order chi connectivity index (χ1) is 8.26. The van der Waals surface area contributed by atoms with E-state index in [4.69, 9.17) is 0 Å². The van der Waals surface area contributed by atoms with E-state index in [9.17, 15) is 0 Å². The van der Waals surface area contributed by atoms with E-state index in [-0.39, 0.29) is 0 Å². The molecule has 2 rings (SSSR count). The Hall–Kier alpha value is -0.980. The van der Waals surface area contributed by atoms with Crippen LogP contribution in [0.5, 0.6) is 0 Å². The zero-order valence-electron chi connectivity index (χ0n) is 12.1. The predicted molar refractivity (Wildman–Crippen MR) is 78.1 cm³/mol. The molecule has 1 aliphatic rings. The van der Waals surface area contributed by atoms with E-state index in [1.165, 1.54) is 24.1 Å². The van der Waals surface area contributed by atoms with Gasteiger partial charge in [-0.25, -0.2) is 0 Å². The van der Waals surface area contributed by atoms with Crippen LogP contribution < -0.4 is 4.90 Å². The first kappa shape index (κ1) is 14.1. The molecule has 17 heavy (non-hydrogen) atoms. The van der Waals surface area contributed by atoms with Gasteiger partial charge in [-0.1, -0.05) is 26.0 Å². The van der Waals surface area contributed by atoms with Gasteiger partial charge in [0.15, 0.2) is 0 Å². The highest BCUT2D eigenvalue weighted by molar-refractivity contribution is 5.55. The summed E-state index contributed by atoms with van der Waals surface area (Å²) in [7, 11) is 0. The minimum absolute atomic E-state index is 0.861. The molecule has 0 heterocycles. The van der Waals surface area contributed by atoms with E-state index >= 15 is 0 Å². The quantitative estimate of drug-likeness (QED) is 0.725. The van der Waals surface area contributed by atoms with Crippen LogP contribution >= 0.6 is 0 Å². The molecule has 1 aliphatic carbocycles. The van der Waals surface area contributed by atoms with Crippen molar-refractivity contribution in [2.75, 3.05) is 18.0 Å². The molecule has 1 saturated carbocycles. The summed E-state index contributed by atoms with van der Waals surface area (Å²) < 4.78 is 0. The average Bonchev–Trinajstić information content (AvgIpc) is 3.20. The van der Waals surface area contributed by atoms with Crippen LogP contribution in [-0.4, -0.2) is 13.1 Å². The van der Waals surface area contributed by atoms with Crippen molar-refractivity contribution in [1.82, 2.24) is 0 Å². The molecule has 0 unspecified atom stereocenters. The molecule has 0 atom stereocenters. The molecule has 1 aromatic rings. The SMILES string of the molecule is CC.CCN(CC)c1cc(C2CC2)ccc1C. The number of hydrogen-bond donors (Lipinski definition) is 0. The Morgan fingerprint density at radius 3 is 2.18 bits per heavy atom. The summed E-state index contributed by atoms with van der Waals surface area (Å²) in [6.45, 7) is 12.9. The summed E-state index contributed by atoms with van der Waals surface area (Å²) in [6.07, 6.45) is 2.78. The summed E-state index contributed by atoms with van der Waals surface area (Å²) in [4.78, 5) is 2.45. The molecule has 0 aromatic heterocycles. The molecule has 0 amide bonds. The highest BCUT2D eigenvalue weighted by atomic mass is 15.1. The second-order valence-corrected chi connectivity index (χ2v) is 4.49. The van der Waals surface area contributed by atoms with Gasteiger partial charge in [-0.15, -0.1) is 0 Å². The third kappa shape index (κ3) is 3.49. The standard InChI is InChI=1S/C14H21N.C2H6/c1-4-15(5-2)14-10-13(12-8-9-12)7-6-11(14)3;1-2/h6-7,10,12H,4-5,8-9H2,1-3H3;1-2H3. The monoisotopic (exact) mass is 233 g/mol. The van der Waals surface area contributed by atoms with E-state index in [2.05, 4.69) is 43.9 Å². The van der Waals surface area contributed by atoms with Gasteiger partial charge >= 0.3 is 0 Å². The van der Waals surface area contributed by atoms with Gasteiger partial charge in [0.2, 0.25) is 0 Å². The highest BCUT2D eigenvalue weighted by Gasteiger charge is 2.24. The molecule has 0 N–H and O–H groups in total. The van der Waals surface area contributed by atoms with Gasteiger partial charge in [0, 0.05) is 18.8 Å². The molecule has 0 saturated heterocycles. The topological polar surface area (TPSA) is 3.24 Å². The van der Waals surface area contributed by atoms with Gasteiger partial charge in [-0.2, -0.15) is 0 Å². The molecule has 0 aliphatic heterocycles. The lowest BCUT2D eigenvalue weighted by molar-refractivity contribution is 0.859. The van der Waals surface area contributed by atoms with Crippen LogP contribution in [0.25, 0.3) is 0 Å². The van der Waals surface area contributed by atoms with Gasteiger partial charge < -0.3 is 4.90 Å². The molecular formula is C16H27N. The Balaban J connectivity index is 0.000000686. The predicted octanol–water partition coefficient (Wildman–Crippen LogP) is 4.74. The van der Waals surface area contributed by atoms with Crippen molar-refractivity contribution in [1.29, 1.82) is 0 Å². The van der Waals surface area contributed by atoms with Crippen LogP contribution in [-0.2, 0) is 0 Å². The molecule has 1 fully saturated rings. The molecular weight excluding hydrogens is 206 g/mol. The van der Waals surface area contributed by atoms with Crippen molar-refractivity contribution < 1.29 is 0 Å². The van der Waals surface area contributed by atoms with Crippen molar-refractivity contribution >= 4 is 5.69 Å². The van der Waals surface area contributed by atoms with Crippen molar-refractivity contribution in [2.45, 2.75) is 53.4 Å². The van der Waals surface area contributed by atoms with Crippen LogP contribution in [0.1, 0.15) is 57.6 Å². The second-order valence-electron chi connectivity index (χ2n) is 4.49. The maximum absolute atomic E-state index is 2.45. The summed E-state index contributed by atoms with van der Waals surface area (Å²) in [5.41, 5.74) is 4.38. The third-order valence-electron chi connectivity index (χ3n) is 3.39. The van der Waals surface area contributed by atoms with Crippen LogP contribution in [0.4, 0.5) is 5.69 Å². The molecule has 1 nitrogen and oxygen atoms in total. The van der Waals surface area contributed by atoms with E-state index in [1.807, 2.05) is 13.8 Å². The maximum Gasteiger partial charge on any atom is 0.0398 e. The lowest BCUT2D eigenvalue weighted by Crippen LogP contribution is -2.22. The first-order valence-corrected chi connectivity index (χ1v) is 7.11. The Labute approximate surface area is 107 Å². The summed E-state index contributed by atoms with van der Waals surface area (Å²) >= 11 is 0. The van der Waals surface area contributed by atoms with Gasteiger partial charge in [-0.3, -0.25) is 0 Å². The normalized spacial score (nSPS) is 13.9. The number of rotatable bonds is 4.